The molecule has 2 aromatic rings. The minimum atomic E-state index is -0.256. The number of fused-ring (bicyclic) bond motifs is 1. The molecule has 0 bridgehead atoms. The van der Waals surface area contributed by atoms with Gasteiger partial charge in [0.05, 0.1) is 10.7 Å². The van der Waals surface area contributed by atoms with E-state index in [9.17, 15) is 4.39 Å². The van der Waals surface area contributed by atoms with Gasteiger partial charge in [0, 0.05) is 18.4 Å². The van der Waals surface area contributed by atoms with E-state index in [1.54, 1.807) is 18.3 Å². The maximum absolute atomic E-state index is 13.3. The Balaban J connectivity index is 2.08. The maximum Gasteiger partial charge on any atom is 0.156 e. The van der Waals surface area contributed by atoms with Crippen LogP contribution >= 0.6 is 11.6 Å². The molecule has 0 saturated heterocycles. The number of nitrogens with zero attached hydrogens (tertiary/aromatic N) is 2. The molecule has 0 spiro atoms. The molecule has 1 aromatic carbocycles. The zero-order valence-electron chi connectivity index (χ0n) is 9.53. The summed E-state index contributed by atoms with van der Waals surface area (Å²) in [5.41, 5.74) is 8.35. The van der Waals surface area contributed by atoms with Gasteiger partial charge in [-0.2, -0.15) is 0 Å². The van der Waals surface area contributed by atoms with Crippen molar-refractivity contribution in [2.24, 2.45) is 0 Å². The summed E-state index contributed by atoms with van der Waals surface area (Å²) in [6.07, 6.45) is 2.41. The van der Waals surface area contributed by atoms with Gasteiger partial charge in [-0.3, -0.25) is 0 Å². The van der Waals surface area contributed by atoms with E-state index in [-0.39, 0.29) is 5.82 Å². The first-order chi connectivity index (χ1) is 8.65. The fraction of sp³-hybridized carbons (Fsp3) is 0.154. The van der Waals surface area contributed by atoms with E-state index in [2.05, 4.69) is 4.98 Å². The fourth-order valence-electron chi connectivity index (χ4n) is 2.25. The van der Waals surface area contributed by atoms with Gasteiger partial charge in [0.25, 0.3) is 0 Å². The van der Waals surface area contributed by atoms with Crippen LogP contribution < -0.4 is 10.6 Å². The largest absolute Gasteiger partial charge is 0.396 e. The fourth-order valence-corrected chi connectivity index (χ4v) is 2.41. The first kappa shape index (κ1) is 11.3. The van der Waals surface area contributed by atoms with Crippen LogP contribution in [0.2, 0.25) is 5.02 Å². The Bertz CT molecular complexity index is 615. The molecule has 1 aliphatic rings. The number of pyridine rings is 1. The lowest BCUT2D eigenvalue weighted by molar-refractivity contribution is 0.628. The molecule has 3 rings (SSSR count). The van der Waals surface area contributed by atoms with Crippen molar-refractivity contribution in [3.63, 3.8) is 0 Å². The Labute approximate surface area is 109 Å². The van der Waals surface area contributed by atoms with Crippen LogP contribution in [-0.2, 0) is 6.42 Å². The number of hydrogen-bond donors (Lipinski definition) is 1. The Morgan fingerprint density at radius 3 is 2.94 bits per heavy atom. The van der Waals surface area contributed by atoms with Crippen molar-refractivity contribution in [1.82, 2.24) is 4.98 Å². The maximum atomic E-state index is 13.3. The number of nitrogens with two attached hydrogens (primary N) is 1. The lowest BCUT2D eigenvalue weighted by atomic mass is 10.2. The molecule has 2 heterocycles. The zero-order chi connectivity index (χ0) is 12.7. The van der Waals surface area contributed by atoms with Crippen LogP contribution in [0.1, 0.15) is 5.56 Å². The van der Waals surface area contributed by atoms with E-state index in [0.717, 1.165) is 24.2 Å². The van der Waals surface area contributed by atoms with Crippen molar-refractivity contribution >= 4 is 28.8 Å². The minimum Gasteiger partial charge on any atom is -0.396 e. The van der Waals surface area contributed by atoms with Crippen LogP contribution in [0.15, 0.2) is 30.5 Å². The Morgan fingerprint density at radius 2 is 2.17 bits per heavy atom. The van der Waals surface area contributed by atoms with Gasteiger partial charge in [-0.1, -0.05) is 17.7 Å². The quantitative estimate of drug-likeness (QED) is 0.859. The molecule has 1 aromatic heterocycles. The molecule has 2 N–H and O–H groups in total. The number of rotatable bonds is 1. The van der Waals surface area contributed by atoms with Gasteiger partial charge in [-0.05, 0) is 30.2 Å². The Morgan fingerprint density at radius 1 is 1.33 bits per heavy atom. The van der Waals surface area contributed by atoms with E-state index in [0.29, 0.717) is 16.5 Å². The van der Waals surface area contributed by atoms with Gasteiger partial charge in [0.1, 0.15) is 5.82 Å². The van der Waals surface area contributed by atoms with Gasteiger partial charge in [-0.25, -0.2) is 9.37 Å². The van der Waals surface area contributed by atoms with Crippen LogP contribution in [0, 0.1) is 5.82 Å². The molecule has 1 aliphatic heterocycles. The molecule has 0 aliphatic carbocycles. The van der Waals surface area contributed by atoms with E-state index in [4.69, 9.17) is 17.3 Å². The average molecular weight is 264 g/mol. The highest BCUT2D eigenvalue weighted by atomic mass is 35.5. The van der Waals surface area contributed by atoms with Crippen LogP contribution in [-0.4, -0.2) is 11.5 Å². The van der Waals surface area contributed by atoms with E-state index >= 15 is 0 Å². The van der Waals surface area contributed by atoms with Gasteiger partial charge < -0.3 is 10.6 Å². The van der Waals surface area contributed by atoms with Crippen LogP contribution in [0.3, 0.4) is 0 Å². The first-order valence-electron chi connectivity index (χ1n) is 5.62. The normalized spacial score (nSPS) is 13.8. The van der Waals surface area contributed by atoms with Crippen LogP contribution in [0.5, 0.6) is 0 Å². The first-order valence-corrected chi connectivity index (χ1v) is 6.00. The topological polar surface area (TPSA) is 42.1 Å². The highest BCUT2D eigenvalue weighted by molar-refractivity contribution is 6.30. The van der Waals surface area contributed by atoms with Crippen molar-refractivity contribution in [2.75, 3.05) is 17.2 Å². The second kappa shape index (κ2) is 4.14. The molecule has 18 heavy (non-hydrogen) atoms. The lowest BCUT2D eigenvalue weighted by Crippen LogP contribution is -2.16. The zero-order valence-corrected chi connectivity index (χ0v) is 10.3. The van der Waals surface area contributed by atoms with Gasteiger partial charge in [-0.15, -0.1) is 0 Å². The molecule has 0 radical (unpaired) electrons. The molecule has 0 saturated carbocycles. The third-order valence-electron chi connectivity index (χ3n) is 3.06. The van der Waals surface area contributed by atoms with Crippen molar-refractivity contribution in [1.29, 1.82) is 0 Å². The molecule has 0 fully saturated rings. The number of anilines is 3. The van der Waals surface area contributed by atoms with Crippen molar-refractivity contribution in [2.45, 2.75) is 6.42 Å². The Hall–Kier alpha value is -1.81. The summed E-state index contributed by atoms with van der Waals surface area (Å²) < 4.78 is 13.3. The standard InChI is InChI=1S/C13H11ClFN3/c14-9-5-11(16)13(17-7-9)18-4-3-8-1-2-10(15)6-12(8)18/h1-2,5-7H,3-4,16H2. The van der Waals surface area contributed by atoms with E-state index in [1.165, 1.54) is 12.1 Å². The summed E-state index contributed by atoms with van der Waals surface area (Å²) in [6, 6.07) is 6.44. The highest BCUT2D eigenvalue weighted by Gasteiger charge is 2.23. The molecule has 5 heteroatoms. The van der Waals surface area contributed by atoms with Crippen molar-refractivity contribution in [3.8, 4) is 0 Å². The van der Waals surface area contributed by atoms with Gasteiger partial charge >= 0.3 is 0 Å². The molecular weight excluding hydrogens is 253 g/mol. The number of halogens is 2. The summed E-state index contributed by atoms with van der Waals surface area (Å²) in [4.78, 5) is 6.16. The summed E-state index contributed by atoms with van der Waals surface area (Å²) >= 11 is 5.83. The number of nitrogen functional groups attached to an aromatic ring is 1. The lowest BCUT2D eigenvalue weighted by Gasteiger charge is -2.20. The molecular formula is C13H11ClFN3. The molecule has 92 valence electrons. The van der Waals surface area contributed by atoms with Crippen molar-refractivity contribution in [3.05, 3.63) is 46.9 Å². The number of aromatic nitrogens is 1. The second-order valence-electron chi connectivity index (χ2n) is 4.24. The smallest absolute Gasteiger partial charge is 0.156 e. The molecule has 3 nitrogen and oxygen atoms in total. The molecule has 0 amide bonds. The highest BCUT2D eigenvalue weighted by Crippen LogP contribution is 2.36. The summed E-state index contributed by atoms with van der Waals surface area (Å²) in [5, 5.41) is 0.495. The summed E-state index contributed by atoms with van der Waals surface area (Å²) in [6.45, 7) is 0.748. The SMILES string of the molecule is Nc1cc(Cl)cnc1N1CCc2ccc(F)cc21. The van der Waals surface area contributed by atoms with Crippen molar-refractivity contribution < 1.29 is 4.39 Å². The predicted octanol–water partition coefficient (Wildman–Crippen LogP) is 3.15. The van der Waals surface area contributed by atoms with Crippen LogP contribution in [0.25, 0.3) is 0 Å². The van der Waals surface area contributed by atoms with Crippen LogP contribution in [0.4, 0.5) is 21.6 Å². The number of benzene rings is 1. The van der Waals surface area contributed by atoms with E-state index < -0.39 is 0 Å². The monoisotopic (exact) mass is 263 g/mol. The Kier molecular flexibility index (Phi) is 2.59. The third-order valence-corrected chi connectivity index (χ3v) is 3.27. The second-order valence-corrected chi connectivity index (χ2v) is 4.68. The molecule has 0 unspecified atom stereocenters. The summed E-state index contributed by atoms with van der Waals surface area (Å²) in [7, 11) is 0. The average Bonchev–Trinajstić information content (AvgIpc) is 2.72. The van der Waals surface area contributed by atoms with E-state index in [1.807, 2.05) is 4.90 Å². The van der Waals surface area contributed by atoms with Gasteiger partial charge in [0.15, 0.2) is 5.82 Å². The molecule has 0 atom stereocenters. The minimum absolute atomic E-state index is 0.256. The predicted molar refractivity (Wildman–Crippen MR) is 70.8 cm³/mol. The van der Waals surface area contributed by atoms with Gasteiger partial charge in [0.2, 0.25) is 0 Å². The number of hydrogen-bond acceptors (Lipinski definition) is 3. The summed E-state index contributed by atoms with van der Waals surface area (Å²) in [5.74, 6) is 0.372. The third kappa shape index (κ3) is 1.78.